The largest absolute Gasteiger partial charge is 0.351 e. The van der Waals surface area contributed by atoms with Crippen LogP contribution in [0.15, 0.2) is 29.9 Å². The van der Waals surface area contributed by atoms with Crippen LogP contribution in [-0.4, -0.2) is 37.2 Å². The van der Waals surface area contributed by atoms with Crippen LogP contribution in [0.5, 0.6) is 0 Å². The number of carbonyl (C=O) groups excluding carboxylic acids is 1. The molecule has 7 heteroatoms. The normalized spacial score (nSPS) is 12.1. The van der Waals surface area contributed by atoms with Crippen LogP contribution in [0.25, 0.3) is 0 Å². The zero-order valence-electron chi connectivity index (χ0n) is 12.4. The van der Waals surface area contributed by atoms with Gasteiger partial charge in [-0.05, 0) is 26.8 Å². The van der Waals surface area contributed by atoms with E-state index in [1.54, 1.807) is 12.5 Å². The number of hydrogen-bond acceptors (Lipinski definition) is 5. The molecule has 0 saturated heterocycles. The van der Waals surface area contributed by atoms with Crippen LogP contribution in [0.2, 0.25) is 0 Å². The van der Waals surface area contributed by atoms with Crippen LogP contribution in [0.3, 0.4) is 0 Å². The summed E-state index contributed by atoms with van der Waals surface area (Å²) in [5.41, 5.74) is 1.83. The monoisotopic (exact) mass is 305 g/mol. The second kappa shape index (κ2) is 7.21. The zero-order valence-corrected chi connectivity index (χ0v) is 13.2. The Morgan fingerprint density at radius 2 is 2.10 bits per heavy atom. The molecule has 2 heterocycles. The van der Waals surface area contributed by atoms with Gasteiger partial charge in [0, 0.05) is 36.4 Å². The highest BCUT2D eigenvalue weighted by atomic mass is 32.2. The van der Waals surface area contributed by atoms with E-state index >= 15 is 0 Å². The molecule has 112 valence electrons. The molecule has 0 aliphatic rings. The second-order valence-corrected chi connectivity index (χ2v) is 5.89. The average Bonchev–Trinajstić information content (AvgIpc) is 2.88. The van der Waals surface area contributed by atoms with Gasteiger partial charge in [-0.2, -0.15) is 0 Å². The summed E-state index contributed by atoms with van der Waals surface area (Å²) in [5.74, 6) is 0.298. The van der Waals surface area contributed by atoms with Gasteiger partial charge in [0.2, 0.25) is 5.91 Å². The van der Waals surface area contributed by atoms with Crippen LogP contribution in [0, 0.1) is 13.8 Å². The van der Waals surface area contributed by atoms with Gasteiger partial charge in [0.15, 0.2) is 5.16 Å². The fourth-order valence-corrected chi connectivity index (χ4v) is 2.72. The minimum atomic E-state index is -0.0182. The number of rotatable bonds is 6. The Kier molecular flexibility index (Phi) is 5.32. The van der Waals surface area contributed by atoms with Crippen LogP contribution >= 0.6 is 11.8 Å². The fourth-order valence-electron chi connectivity index (χ4n) is 1.96. The quantitative estimate of drug-likeness (QED) is 0.648. The van der Waals surface area contributed by atoms with Gasteiger partial charge in [0.1, 0.15) is 0 Å². The summed E-state index contributed by atoms with van der Waals surface area (Å²) in [4.78, 5) is 24.5. The highest BCUT2D eigenvalue weighted by Gasteiger charge is 2.10. The summed E-state index contributed by atoms with van der Waals surface area (Å²) in [6.07, 6.45) is 5.34. The molecule has 0 saturated carbocycles. The summed E-state index contributed by atoms with van der Waals surface area (Å²) in [6.45, 7) is 6.52. The van der Waals surface area contributed by atoms with Crippen molar-refractivity contribution in [3.8, 4) is 0 Å². The molecule has 0 spiro atoms. The maximum Gasteiger partial charge on any atom is 0.230 e. The minimum Gasteiger partial charge on any atom is -0.351 e. The van der Waals surface area contributed by atoms with E-state index in [0.29, 0.717) is 17.5 Å². The van der Waals surface area contributed by atoms with Crippen molar-refractivity contribution in [2.75, 3.05) is 5.75 Å². The Hall–Kier alpha value is -1.89. The molecule has 0 radical (unpaired) electrons. The van der Waals surface area contributed by atoms with E-state index in [1.807, 2.05) is 37.6 Å². The van der Waals surface area contributed by atoms with Crippen molar-refractivity contribution in [1.82, 2.24) is 24.8 Å². The minimum absolute atomic E-state index is 0.0182. The number of nitrogens with one attached hydrogen (secondary N) is 1. The number of imidazole rings is 1. The predicted molar refractivity (Wildman–Crippen MR) is 82.1 cm³/mol. The lowest BCUT2D eigenvalue weighted by atomic mass is 10.3. The Labute approximate surface area is 128 Å². The van der Waals surface area contributed by atoms with Crippen molar-refractivity contribution in [2.24, 2.45) is 0 Å². The van der Waals surface area contributed by atoms with Gasteiger partial charge in [-0.15, -0.1) is 0 Å². The van der Waals surface area contributed by atoms with Gasteiger partial charge in [-0.25, -0.2) is 15.0 Å². The summed E-state index contributed by atoms with van der Waals surface area (Å²) in [5, 5.41) is 3.60. The molecule has 0 bridgehead atoms. The standard InChI is InChI=1S/C14H19N5OS/c1-10-6-11(2)18-14(17-10)21-8-13(20)16-12(3)7-19-5-4-15-9-19/h4-6,9,12H,7-8H2,1-3H3,(H,16,20). The highest BCUT2D eigenvalue weighted by molar-refractivity contribution is 7.99. The third kappa shape index (κ3) is 5.18. The first-order valence-corrected chi connectivity index (χ1v) is 7.71. The van der Waals surface area contributed by atoms with Gasteiger partial charge >= 0.3 is 0 Å². The van der Waals surface area contributed by atoms with E-state index in [1.165, 1.54) is 11.8 Å². The van der Waals surface area contributed by atoms with E-state index < -0.39 is 0 Å². The van der Waals surface area contributed by atoms with E-state index in [9.17, 15) is 4.79 Å². The molecule has 0 fully saturated rings. The SMILES string of the molecule is Cc1cc(C)nc(SCC(=O)NC(C)Cn2ccnc2)n1. The van der Waals surface area contributed by atoms with Crippen molar-refractivity contribution in [2.45, 2.75) is 38.5 Å². The molecule has 1 unspecified atom stereocenters. The molecule has 2 aromatic rings. The Bertz CT molecular complexity index is 579. The van der Waals surface area contributed by atoms with Crippen molar-refractivity contribution in [1.29, 1.82) is 0 Å². The number of nitrogens with zero attached hydrogens (tertiary/aromatic N) is 4. The van der Waals surface area contributed by atoms with Crippen molar-refractivity contribution >= 4 is 17.7 Å². The molecule has 1 amide bonds. The molecule has 21 heavy (non-hydrogen) atoms. The molecule has 0 aromatic carbocycles. The van der Waals surface area contributed by atoms with Crippen LogP contribution < -0.4 is 5.32 Å². The van der Waals surface area contributed by atoms with Gasteiger partial charge < -0.3 is 9.88 Å². The second-order valence-electron chi connectivity index (χ2n) is 4.95. The summed E-state index contributed by atoms with van der Waals surface area (Å²) >= 11 is 1.35. The number of aryl methyl sites for hydroxylation is 2. The number of aromatic nitrogens is 4. The molecule has 6 nitrogen and oxygen atoms in total. The summed E-state index contributed by atoms with van der Waals surface area (Å²) in [6, 6.07) is 1.96. The van der Waals surface area contributed by atoms with Crippen LogP contribution in [-0.2, 0) is 11.3 Å². The maximum atomic E-state index is 11.9. The number of hydrogen-bond donors (Lipinski definition) is 1. The third-order valence-electron chi connectivity index (χ3n) is 2.75. The van der Waals surface area contributed by atoms with Gasteiger partial charge in [0.25, 0.3) is 0 Å². The Balaban J connectivity index is 1.79. The van der Waals surface area contributed by atoms with E-state index in [-0.39, 0.29) is 11.9 Å². The molecular weight excluding hydrogens is 286 g/mol. The lowest BCUT2D eigenvalue weighted by Gasteiger charge is -2.14. The Morgan fingerprint density at radius 1 is 1.38 bits per heavy atom. The molecule has 1 N–H and O–H groups in total. The fraction of sp³-hybridized carbons (Fsp3) is 0.429. The van der Waals surface area contributed by atoms with E-state index in [2.05, 4.69) is 20.3 Å². The molecule has 0 aliphatic heterocycles. The van der Waals surface area contributed by atoms with Gasteiger partial charge in [-0.1, -0.05) is 11.8 Å². The number of thioether (sulfide) groups is 1. The van der Waals surface area contributed by atoms with E-state index in [4.69, 9.17) is 0 Å². The molecule has 0 aliphatic carbocycles. The van der Waals surface area contributed by atoms with Crippen molar-refractivity contribution < 1.29 is 4.79 Å². The summed E-state index contributed by atoms with van der Waals surface area (Å²) < 4.78 is 1.94. The molecule has 2 rings (SSSR count). The van der Waals surface area contributed by atoms with Crippen LogP contribution in [0.4, 0.5) is 0 Å². The average molecular weight is 305 g/mol. The maximum absolute atomic E-state index is 11.9. The zero-order chi connectivity index (χ0) is 15.2. The lowest BCUT2D eigenvalue weighted by Crippen LogP contribution is -2.36. The highest BCUT2D eigenvalue weighted by Crippen LogP contribution is 2.13. The van der Waals surface area contributed by atoms with Crippen molar-refractivity contribution in [3.63, 3.8) is 0 Å². The lowest BCUT2D eigenvalue weighted by molar-refractivity contribution is -0.119. The topological polar surface area (TPSA) is 72.7 Å². The first-order chi connectivity index (χ1) is 10.0. The molecule has 2 aromatic heterocycles. The number of amides is 1. The Morgan fingerprint density at radius 3 is 2.71 bits per heavy atom. The number of carbonyl (C=O) groups is 1. The first kappa shape index (κ1) is 15.5. The summed E-state index contributed by atoms with van der Waals surface area (Å²) in [7, 11) is 0. The van der Waals surface area contributed by atoms with Gasteiger partial charge in [0.05, 0.1) is 12.1 Å². The van der Waals surface area contributed by atoms with Crippen LogP contribution in [0.1, 0.15) is 18.3 Å². The van der Waals surface area contributed by atoms with Gasteiger partial charge in [-0.3, -0.25) is 4.79 Å². The third-order valence-corrected chi connectivity index (χ3v) is 3.59. The molecular formula is C14H19N5OS. The predicted octanol–water partition coefficient (Wildman–Crippen LogP) is 1.59. The molecule has 1 atom stereocenters. The smallest absolute Gasteiger partial charge is 0.230 e. The van der Waals surface area contributed by atoms with Crippen molar-refractivity contribution in [3.05, 3.63) is 36.2 Å². The first-order valence-electron chi connectivity index (χ1n) is 6.73. The van der Waals surface area contributed by atoms with E-state index in [0.717, 1.165) is 11.4 Å².